The van der Waals surface area contributed by atoms with Crippen molar-refractivity contribution in [3.05, 3.63) is 27.9 Å². The van der Waals surface area contributed by atoms with Crippen LogP contribution < -0.4 is 5.32 Å². The number of anilines is 1. The van der Waals surface area contributed by atoms with Crippen molar-refractivity contribution in [3.63, 3.8) is 0 Å². The third-order valence-corrected chi connectivity index (χ3v) is 2.71. The summed E-state index contributed by atoms with van der Waals surface area (Å²) in [5.74, 6) is 0.175. The van der Waals surface area contributed by atoms with Crippen LogP contribution in [0.25, 0.3) is 0 Å². The van der Waals surface area contributed by atoms with E-state index in [4.69, 9.17) is 10.00 Å². The van der Waals surface area contributed by atoms with Gasteiger partial charge in [-0.1, -0.05) is 0 Å². The molecule has 0 unspecified atom stereocenters. The molecular weight excluding hydrogens is 236 g/mol. The number of nitriles is 1. The Morgan fingerprint density at radius 3 is 3.17 bits per heavy atom. The summed E-state index contributed by atoms with van der Waals surface area (Å²) in [6, 6.07) is 3.04. The van der Waals surface area contributed by atoms with Crippen LogP contribution in [0.3, 0.4) is 0 Å². The summed E-state index contributed by atoms with van der Waals surface area (Å²) >= 11 is 0. The van der Waals surface area contributed by atoms with Gasteiger partial charge in [-0.15, -0.1) is 0 Å². The third-order valence-electron chi connectivity index (χ3n) is 2.71. The summed E-state index contributed by atoms with van der Waals surface area (Å²) in [6.07, 6.45) is 3.33. The van der Waals surface area contributed by atoms with Gasteiger partial charge in [-0.3, -0.25) is 10.1 Å². The Hall–Kier alpha value is -2.20. The third kappa shape index (κ3) is 2.73. The van der Waals surface area contributed by atoms with Crippen molar-refractivity contribution < 1.29 is 9.66 Å². The predicted molar refractivity (Wildman–Crippen MR) is 63.1 cm³/mol. The van der Waals surface area contributed by atoms with Crippen molar-refractivity contribution in [1.82, 2.24) is 4.98 Å². The van der Waals surface area contributed by atoms with Crippen LogP contribution in [0.4, 0.5) is 11.5 Å². The zero-order chi connectivity index (χ0) is 13.0. The zero-order valence-corrected chi connectivity index (χ0v) is 9.63. The van der Waals surface area contributed by atoms with Crippen LogP contribution in [-0.2, 0) is 4.74 Å². The second-order valence-corrected chi connectivity index (χ2v) is 3.98. The van der Waals surface area contributed by atoms with E-state index in [0.717, 1.165) is 19.4 Å². The number of pyridine rings is 1. The Balaban J connectivity index is 2.11. The number of hydrogen-bond donors (Lipinski definition) is 1. The van der Waals surface area contributed by atoms with E-state index < -0.39 is 4.92 Å². The van der Waals surface area contributed by atoms with Crippen LogP contribution >= 0.6 is 0 Å². The molecule has 1 atom stereocenters. The number of aromatic nitrogens is 1. The predicted octanol–water partition coefficient (Wildman–Crippen LogP) is 1.45. The molecular formula is C11H12N4O3. The first kappa shape index (κ1) is 12.3. The molecule has 1 aromatic heterocycles. The van der Waals surface area contributed by atoms with Gasteiger partial charge in [0.25, 0.3) is 0 Å². The van der Waals surface area contributed by atoms with Gasteiger partial charge in [-0.05, 0) is 12.8 Å². The minimum atomic E-state index is -0.550. The molecule has 0 aromatic carbocycles. The molecule has 0 saturated carbocycles. The van der Waals surface area contributed by atoms with E-state index in [9.17, 15) is 10.1 Å². The molecule has 0 spiro atoms. The molecule has 1 saturated heterocycles. The first-order valence-electron chi connectivity index (χ1n) is 5.60. The molecule has 0 aliphatic carbocycles. The molecule has 0 amide bonds. The summed E-state index contributed by atoms with van der Waals surface area (Å²) in [4.78, 5) is 14.2. The molecule has 1 N–H and O–H groups in total. The van der Waals surface area contributed by atoms with Crippen molar-refractivity contribution in [2.45, 2.75) is 18.9 Å². The van der Waals surface area contributed by atoms with E-state index in [1.54, 1.807) is 0 Å². The molecule has 2 rings (SSSR count). The van der Waals surface area contributed by atoms with E-state index in [2.05, 4.69) is 10.3 Å². The van der Waals surface area contributed by atoms with Gasteiger partial charge in [0, 0.05) is 25.4 Å². The van der Waals surface area contributed by atoms with Gasteiger partial charge >= 0.3 is 5.69 Å². The highest BCUT2D eigenvalue weighted by Gasteiger charge is 2.19. The van der Waals surface area contributed by atoms with E-state index in [1.807, 2.05) is 6.07 Å². The fraction of sp³-hybridized carbons (Fsp3) is 0.455. The monoisotopic (exact) mass is 248 g/mol. The highest BCUT2D eigenvalue weighted by atomic mass is 16.6. The second kappa shape index (κ2) is 5.42. The molecule has 7 heteroatoms. The van der Waals surface area contributed by atoms with E-state index in [0.29, 0.717) is 6.54 Å². The summed E-state index contributed by atoms with van der Waals surface area (Å²) in [6.45, 7) is 1.22. The Morgan fingerprint density at radius 1 is 1.72 bits per heavy atom. The van der Waals surface area contributed by atoms with Gasteiger partial charge < -0.3 is 10.1 Å². The van der Waals surface area contributed by atoms with Gasteiger partial charge in [0.1, 0.15) is 6.07 Å². The first-order chi connectivity index (χ1) is 8.70. The van der Waals surface area contributed by atoms with Crippen LogP contribution in [0, 0.1) is 21.4 Å². The Kier molecular flexibility index (Phi) is 3.69. The highest BCUT2D eigenvalue weighted by molar-refractivity contribution is 5.58. The van der Waals surface area contributed by atoms with E-state index >= 15 is 0 Å². The standard InChI is InChI=1S/C11H12N4O3/c12-5-8-4-10(15(16)17)11(13-6-8)14-7-9-2-1-3-18-9/h4,6,9H,1-3,7H2,(H,13,14)/t9-/m0/s1. The lowest BCUT2D eigenvalue weighted by atomic mass is 10.2. The normalized spacial score (nSPS) is 18.3. The number of rotatable bonds is 4. The molecule has 0 radical (unpaired) electrons. The molecule has 1 aliphatic heterocycles. The smallest absolute Gasteiger partial charge is 0.312 e. The summed E-state index contributed by atoms with van der Waals surface area (Å²) < 4.78 is 5.41. The van der Waals surface area contributed by atoms with Crippen LogP contribution in [-0.4, -0.2) is 29.2 Å². The summed E-state index contributed by atoms with van der Waals surface area (Å²) in [5.41, 5.74) is -0.0172. The molecule has 0 bridgehead atoms. The lowest BCUT2D eigenvalue weighted by molar-refractivity contribution is -0.384. The number of nitrogens with zero attached hydrogens (tertiary/aromatic N) is 3. The number of nitrogens with one attached hydrogen (secondary N) is 1. The van der Waals surface area contributed by atoms with Crippen molar-refractivity contribution in [2.24, 2.45) is 0 Å². The Morgan fingerprint density at radius 2 is 2.56 bits per heavy atom. The molecule has 94 valence electrons. The fourth-order valence-corrected chi connectivity index (χ4v) is 1.81. The largest absolute Gasteiger partial charge is 0.376 e. The van der Waals surface area contributed by atoms with Gasteiger partial charge in [0.15, 0.2) is 0 Å². The number of hydrogen-bond acceptors (Lipinski definition) is 6. The van der Waals surface area contributed by atoms with Gasteiger partial charge in [0.2, 0.25) is 5.82 Å². The van der Waals surface area contributed by atoms with Crippen molar-refractivity contribution in [1.29, 1.82) is 5.26 Å². The van der Waals surface area contributed by atoms with E-state index in [-0.39, 0.29) is 23.2 Å². The topological polar surface area (TPSA) is 101 Å². The Bertz CT molecular complexity index is 492. The maximum Gasteiger partial charge on any atom is 0.312 e. The van der Waals surface area contributed by atoms with Crippen molar-refractivity contribution >= 4 is 11.5 Å². The van der Waals surface area contributed by atoms with Crippen molar-refractivity contribution in [2.75, 3.05) is 18.5 Å². The second-order valence-electron chi connectivity index (χ2n) is 3.98. The minimum Gasteiger partial charge on any atom is -0.376 e. The van der Waals surface area contributed by atoms with Crippen LogP contribution in [0.1, 0.15) is 18.4 Å². The fourth-order valence-electron chi connectivity index (χ4n) is 1.81. The molecule has 7 nitrogen and oxygen atoms in total. The lowest BCUT2D eigenvalue weighted by Crippen LogP contribution is -2.19. The maximum atomic E-state index is 10.9. The average molecular weight is 248 g/mol. The molecule has 1 aromatic rings. The first-order valence-corrected chi connectivity index (χ1v) is 5.60. The van der Waals surface area contributed by atoms with Crippen LogP contribution in [0.15, 0.2) is 12.3 Å². The molecule has 1 aliphatic rings. The SMILES string of the molecule is N#Cc1cnc(NC[C@@H]2CCCO2)c([N+](=O)[O-])c1. The number of nitro groups is 1. The lowest BCUT2D eigenvalue weighted by Gasteiger charge is -2.11. The minimum absolute atomic E-state index is 0.0713. The van der Waals surface area contributed by atoms with Gasteiger partial charge in [0.05, 0.1) is 16.6 Å². The zero-order valence-electron chi connectivity index (χ0n) is 9.63. The van der Waals surface area contributed by atoms with Crippen LogP contribution in [0.2, 0.25) is 0 Å². The summed E-state index contributed by atoms with van der Waals surface area (Å²) in [7, 11) is 0. The van der Waals surface area contributed by atoms with E-state index in [1.165, 1.54) is 12.3 Å². The van der Waals surface area contributed by atoms with Crippen LogP contribution in [0.5, 0.6) is 0 Å². The number of ether oxygens (including phenoxy) is 1. The highest BCUT2D eigenvalue weighted by Crippen LogP contribution is 2.23. The maximum absolute atomic E-state index is 10.9. The molecule has 1 fully saturated rings. The van der Waals surface area contributed by atoms with Crippen molar-refractivity contribution in [3.8, 4) is 6.07 Å². The van der Waals surface area contributed by atoms with Gasteiger partial charge in [-0.25, -0.2) is 4.98 Å². The molecule has 18 heavy (non-hydrogen) atoms. The average Bonchev–Trinajstić information content (AvgIpc) is 2.89. The van der Waals surface area contributed by atoms with Gasteiger partial charge in [-0.2, -0.15) is 5.26 Å². The Labute approximate surface area is 104 Å². The molecule has 2 heterocycles. The quantitative estimate of drug-likeness (QED) is 0.639. The summed E-state index contributed by atoms with van der Waals surface area (Å²) in [5, 5.41) is 22.5.